The number of benzene rings is 2. The van der Waals surface area contributed by atoms with Gasteiger partial charge in [0.25, 0.3) is 0 Å². The number of thiazole rings is 1. The van der Waals surface area contributed by atoms with E-state index in [1.807, 2.05) is 48.7 Å². The van der Waals surface area contributed by atoms with E-state index >= 15 is 0 Å². The van der Waals surface area contributed by atoms with E-state index in [-0.39, 0.29) is 12.5 Å². The Morgan fingerprint density at radius 2 is 1.84 bits per heavy atom. The van der Waals surface area contributed by atoms with Gasteiger partial charge in [-0.15, -0.1) is 11.3 Å². The van der Waals surface area contributed by atoms with Crippen molar-refractivity contribution in [2.45, 2.75) is 26.5 Å². The zero-order valence-electron chi connectivity index (χ0n) is 17.6. The molecule has 0 saturated heterocycles. The molecule has 0 spiro atoms. The second kappa shape index (κ2) is 10.5. The van der Waals surface area contributed by atoms with Gasteiger partial charge in [-0.1, -0.05) is 42.0 Å². The smallest absolute Gasteiger partial charge is 0.328 e. The Morgan fingerprint density at radius 1 is 1.13 bits per heavy atom. The first-order chi connectivity index (χ1) is 14.9. The Labute approximate surface area is 185 Å². The number of rotatable bonds is 8. The van der Waals surface area contributed by atoms with Gasteiger partial charge in [0.1, 0.15) is 23.4 Å². The molecule has 0 bridgehead atoms. The van der Waals surface area contributed by atoms with Gasteiger partial charge in [0.15, 0.2) is 0 Å². The quantitative estimate of drug-likeness (QED) is 0.419. The lowest BCUT2D eigenvalue weighted by atomic mass is 10.2. The highest BCUT2D eigenvalue weighted by molar-refractivity contribution is 7.13. The molecule has 0 unspecified atom stereocenters. The molecular formula is C24H24N2O4S. The number of hydrogen-bond acceptors (Lipinski definition) is 6. The minimum Gasteiger partial charge on any atom is -0.497 e. The molecule has 1 amide bonds. The average molecular weight is 437 g/mol. The minimum absolute atomic E-state index is 0.0586. The molecule has 1 heterocycles. The van der Waals surface area contributed by atoms with Crippen LogP contribution < -0.4 is 10.1 Å². The van der Waals surface area contributed by atoms with Gasteiger partial charge in [0.2, 0.25) is 5.91 Å². The van der Waals surface area contributed by atoms with Crippen LogP contribution in [-0.2, 0) is 20.9 Å². The first kappa shape index (κ1) is 22.2. The lowest BCUT2D eigenvalue weighted by Gasteiger charge is -2.11. The molecule has 31 heavy (non-hydrogen) atoms. The molecule has 0 fully saturated rings. The highest BCUT2D eigenvalue weighted by atomic mass is 32.1. The average Bonchev–Trinajstić information content (AvgIpc) is 3.26. The zero-order valence-corrected chi connectivity index (χ0v) is 18.4. The second-order valence-electron chi connectivity index (χ2n) is 6.95. The maximum atomic E-state index is 12.2. The minimum atomic E-state index is -0.775. The summed E-state index contributed by atoms with van der Waals surface area (Å²) in [6.07, 6.45) is 3.04. The van der Waals surface area contributed by atoms with Crippen LogP contribution in [0.3, 0.4) is 0 Å². The number of nitrogens with zero attached hydrogens (tertiary/aromatic N) is 1. The van der Waals surface area contributed by atoms with Crippen molar-refractivity contribution in [3.05, 3.63) is 76.8 Å². The van der Waals surface area contributed by atoms with Gasteiger partial charge < -0.3 is 14.8 Å². The molecular weight excluding hydrogens is 412 g/mol. The van der Waals surface area contributed by atoms with E-state index in [9.17, 15) is 9.59 Å². The van der Waals surface area contributed by atoms with Crippen molar-refractivity contribution in [1.82, 2.24) is 10.3 Å². The number of ether oxygens (including phenoxy) is 2. The molecule has 1 aromatic heterocycles. The number of aromatic nitrogens is 1. The third-order valence-corrected chi connectivity index (χ3v) is 5.41. The van der Waals surface area contributed by atoms with Crippen LogP contribution in [0.4, 0.5) is 0 Å². The standard InChI is InChI=1S/C24H24N2O4S/c1-16-4-9-19(10-5-16)23-26-20(15-31-23)14-30-24(28)17(2)25-22(27)13-8-18-6-11-21(29-3)12-7-18/h4-13,15,17H,14H2,1-3H3,(H,25,27)/b13-8+/t17-/m0/s1. The number of carbonyl (C=O) groups is 2. The summed E-state index contributed by atoms with van der Waals surface area (Å²) in [5.41, 5.74) is 3.73. The second-order valence-corrected chi connectivity index (χ2v) is 7.81. The number of carbonyl (C=O) groups excluding carboxylic acids is 2. The van der Waals surface area contributed by atoms with Crippen LogP contribution in [0.2, 0.25) is 0 Å². The van der Waals surface area contributed by atoms with E-state index in [0.29, 0.717) is 5.69 Å². The van der Waals surface area contributed by atoms with E-state index in [4.69, 9.17) is 9.47 Å². The fraction of sp³-hybridized carbons (Fsp3) is 0.208. The van der Waals surface area contributed by atoms with Crippen LogP contribution in [0.5, 0.6) is 5.75 Å². The number of esters is 1. The summed E-state index contributed by atoms with van der Waals surface area (Å²) in [5.74, 6) is -0.157. The molecule has 2 aromatic carbocycles. The van der Waals surface area contributed by atoms with Crippen LogP contribution in [0.1, 0.15) is 23.7 Å². The van der Waals surface area contributed by atoms with Crippen molar-refractivity contribution >= 4 is 29.3 Å². The molecule has 0 aliphatic carbocycles. The van der Waals surface area contributed by atoms with Crippen molar-refractivity contribution in [1.29, 1.82) is 0 Å². The van der Waals surface area contributed by atoms with Gasteiger partial charge in [0, 0.05) is 17.0 Å². The Balaban J connectivity index is 1.47. The molecule has 3 aromatic rings. The highest BCUT2D eigenvalue weighted by Gasteiger charge is 2.16. The number of amides is 1. The van der Waals surface area contributed by atoms with Gasteiger partial charge in [-0.05, 0) is 37.6 Å². The maximum Gasteiger partial charge on any atom is 0.328 e. The summed E-state index contributed by atoms with van der Waals surface area (Å²) >= 11 is 1.50. The summed E-state index contributed by atoms with van der Waals surface area (Å²) in [4.78, 5) is 28.8. The Bertz CT molecular complexity index is 1060. The first-order valence-electron chi connectivity index (χ1n) is 9.75. The topological polar surface area (TPSA) is 77.5 Å². The molecule has 1 atom stereocenters. The molecule has 0 aliphatic heterocycles. The van der Waals surface area contributed by atoms with Crippen LogP contribution in [0, 0.1) is 6.92 Å². The summed E-state index contributed by atoms with van der Waals surface area (Å²) < 4.78 is 10.4. The number of hydrogen-bond donors (Lipinski definition) is 1. The van der Waals surface area contributed by atoms with E-state index < -0.39 is 12.0 Å². The third kappa shape index (κ3) is 6.52. The lowest BCUT2D eigenvalue weighted by molar-refractivity contribution is -0.148. The van der Waals surface area contributed by atoms with Crippen molar-refractivity contribution in [3.8, 4) is 16.3 Å². The van der Waals surface area contributed by atoms with Gasteiger partial charge >= 0.3 is 5.97 Å². The third-order valence-electron chi connectivity index (χ3n) is 4.47. The number of aryl methyl sites for hydroxylation is 1. The molecule has 1 N–H and O–H groups in total. The molecule has 0 aliphatic rings. The largest absolute Gasteiger partial charge is 0.497 e. The summed E-state index contributed by atoms with van der Waals surface area (Å²) in [5, 5.41) is 5.34. The van der Waals surface area contributed by atoms with E-state index in [0.717, 1.165) is 21.9 Å². The molecule has 0 radical (unpaired) electrons. The Morgan fingerprint density at radius 3 is 2.52 bits per heavy atom. The Hall–Kier alpha value is -3.45. The molecule has 6 nitrogen and oxygen atoms in total. The van der Waals surface area contributed by atoms with E-state index in [1.54, 1.807) is 32.2 Å². The van der Waals surface area contributed by atoms with Crippen molar-refractivity contribution in [3.63, 3.8) is 0 Å². The summed E-state index contributed by atoms with van der Waals surface area (Å²) in [7, 11) is 1.59. The van der Waals surface area contributed by atoms with Crippen molar-refractivity contribution in [2.24, 2.45) is 0 Å². The Kier molecular flexibility index (Phi) is 7.56. The van der Waals surface area contributed by atoms with Gasteiger partial charge in [-0.2, -0.15) is 0 Å². The lowest BCUT2D eigenvalue weighted by Crippen LogP contribution is -2.38. The molecule has 3 rings (SSSR count). The SMILES string of the molecule is COc1ccc(/C=C/C(=O)N[C@@H](C)C(=O)OCc2csc(-c3ccc(C)cc3)n2)cc1. The summed E-state index contributed by atoms with van der Waals surface area (Å²) in [6, 6.07) is 14.6. The van der Waals surface area contributed by atoms with Crippen molar-refractivity contribution < 1.29 is 19.1 Å². The van der Waals surface area contributed by atoms with Gasteiger partial charge in [0.05, 0.1) is 12.8 Å². The van der Waals surface area contributed by atoms with Gasteiger partial charge in [-0.3, -0.25) is 4.79 Å². The first-order valence-corrected chi connectivity index (χ1v) is 10.6. The molecule has 0 saturated carbocycles. The fourth-order valence-corrected chi connectivity index (χ4v) is 3.49. The maximum absolute atomic E-state index is 12.2. The van der Waals surface area contributed by atoms with E-state index in [1.165, 1.54) is 23.0 Å². The van der Waals surface area contributed by atoms with Crippen LogP contribution in [-0.4, -0.2) is 30.0 Å². The number of nitrogens with one attached hydrogen (secondary N) is 1. The number of methoxy groups -OCH3 is 1. The summed E-state index contributed by atoms with van der Waals surface area (Å²) in [6.45, 7) is 3.68. The monoisotopic (exact) mass is 436 g/mol. The van der Waals surface area contributed by atoms with Crippen LogP contribution in [0.25, 0.3) is 16.6 Å². The van der Waals surface area contributed by atoms with Crippen LogP contribution >= 0.6 is 11.3 Å². The zero-order chi connectivity index (χ0) is 22.2. The highest BCUT2D eigenvalue weighted by Crippen LogP contribution is 2.24. The predicted octanol–water partition coefficient (Wildman–Crippen LogP) is 4.39. The molecule has 160 valence electrons. The van der Waals surface area contributed by atoms with Crippen LogP contribution in [0.15, 0.2) is 60.0 Å². The predicted molar refractivity (Wildman–Crippen MR) is 122 cm³/mol. The molecule has 7 heteroatoms. The normalized spacial score (nSPS) is 11.8. The van der Waals surface area contributed by atoms with E-state index in [2.05, 4.69) is 10.3 Å². The van der Waals surface area contributed by atoms with Gasteiger partial charge in [-0.25, -0.2) is 9.78 Å². The fourth-order valence-electron chi connectivity index (χ4n) is 2.68. The van der Waals surface area contributed by atoms with Crippen molar-refractivity contribution in [2.75, 3.05) is 7.11 Å².